The number of aromatic nitrogens is 3. The third-order valence-electron chi connectivity index (χ3n) is 2.22. The van der Waals surface area contributed by atoms with E-state index in [2.05, 4.69) is 36.5 Å². The maximum absolute atomic E-state index is 11.7. The summed E-state index contributed by atoms with van der Waals surface area (Å²) >= 11 is 3.08. The molecule has 0 aromatic carbocycles. The number of furan rings is 1. The number of amides is 1. The largest absolute Gasteiger partial charge is 0.490 e. The van der Waals surface area contributed by atoms with Crippen molar-refractivity contribution in [2.75, 3.05) is 0 Å². The van der Waals surface area contributed by atoms with E-state index in [0.29, 0.717) is 10.4 Å². The van der Waals surface area contributed by atoms with Crippen molar-refractivity contribution in [3.05, 3.63) is 39.0 Å². The van der Waals surface area contributed by atoms with Crippen LogP contribution in [0.4, 0.5) is 5.95 Å². The van der Waals surface area contributed by atoms with Crippen molar-refractivity contribution in [2.24, 2.45) is 5.10 Å². The van der Waals surface area contributed by atoms with Gasteiger partial charge >= 0.3 is 11.9 Å². The molecular weight excluding hydrogens is 348 g/mol. The van der Waals surface area contributed by atoms with Gasteiger partial charge in [-0.25, -0.2) is 5.43 Å². The van der Waals surface area contributed by atoms with Gasteiger partial charge in [0.1, 0.15) is 0 Å². The van der Waals surface area contributed by atoms with Crippen LogP contribution in [0.1, 0.15) is 17.5 Å². The molecule has 0 unspecified atom stereocenters. The first-order valence-corrected chi connectivity index (χ1v) is 6.37. The summed E-state index contributed by atoms with van der Waals surface area (Å²) in [6.45, 7) is 1.79. The molecule has 0 saturated carbocycles. The first kappa shape index (κ1) is 14.8. The predicted octanol–water partition coefficient (Wildman–Crippen LogP) is 1.35. The van der Waals surface area contributed by atoms with Gasteiger partial charge in [0.25, 0.3) is 0 Å². The normalized spacial score (nSPS) is 11.4. The molecule has 0 aliphatic carbocycles. The summed E-state index contributed by atoms with van der Waals surface area (Å²) < 4.78 is 6.73. The molecule has 0 radical (unpaired) electrons. The highest BCUT2D eigenvalue weighted by Crippen LogP contribution is 2.13. The second-order valence-corrected chi connectivity index (χ2v) is 4.67. The number of hydrazone groups is 1. The summed E-state index contributed by atoms with van der Waals surface area (Å²) in [5.74, 6) is -0.897. The summed E-state index contributed by atoms with van der Waals surface area (Å²) in [6.07, 6.45) is 1.21. The fourth-order valence-electron chi connectivity index (χ4n) is 1.35. The molecular formula is C10H9BrN6O4. The molecule has 0 saturated heterocycles. The van der Waals surface area contributed by atoms with E-state index in [9.17, 15) is 14.9 Å². The summed E-state index contributed by atoms with van der Waals surface area (Å²) in [5, 5.41) is 17.9. The van der Waals surface area contributed by atoms with Crippen LogP contribution < -0.4 is 5.43 Å². The molecule has 2 aromatic heterocycles. The summed E-state index contributed by atoms with van der Waals surface area (Å²) in [4.78, 5) is 24.9. The molecule has 1 N–H and O–H groups in total. The topological polar surface area (TPSA) is 128 Å². The third-order valence-corrected chi connectivity index (χ3v) is 2.65. The molecule has 21 heavy (non-hydrogen) atoms. The van der Waals surface area contributed by atoms with Crippen molar-refractivity contribution in [3.8, 4) is 0 Å². The van der Waals surface area contributed by atoms with E-state index >= 15 is 0 Å². The second kappa shape index (κ2) is 6.26. The average molecular weight is 357 g/mol. The fourth-order valence-corrected chi connectivity index (χ4v) is 1.66. The number of carbonyl (C=O) groups is 1. The highest BCUT2D eigenvalue weighted by molar-refractivity contribution is 9.10. The lowest BCUT2D eigenvalue weighted by molar-refractivity contribution is -0.394. The Bertz CT molecular complexity index is 706. The number of hydrogen-bond acceptors (Lipinski definition) is 7. The van der Waals surface area contributed by atoms with E-state index in [1.54, 1.807) is 13.0 Å². The van der Waals surface area contributed by atoms with Crippen LogP contribution in [0.15, 0.2) is 32.6 Å². The number of nitrogens with zero attached hydrogens (tertiary/aromatic N) is 5. The summed E-state index contributed by atoms with van der Waals surface area (Å²) in [5.41, 5.74) is 2.78. The smallest absolute Gasteiger partial charge is 0.444 e. The second-order valence-electron chi connectivity index (χ2n) is 3.89. The van der Waals surface area contributed by atoms with Crippen LogP contribution in [0, 0.1) is 10.1 Å². The number of nitrogens with one attached hydrogen (secondary N) is 1. The number of carbonyl (C=O) groups excluding carboxylic acids is 1. The Balaban J connectivity index is 1.94. The first-order valence-electron chi connectivity index (χ1n) is 5.58. The Morgan fingerprint density at radius 1 is 1.62 bits per heavy atom. The maximum atomic E-state index is 11.7. The van der Waals surface area contributed by atoms with Crippen LogP contribution in [-0.2, 0) is 6.54 Å². The molecule has 0 bridgehead atoms. The SMILES string of the molecule is C/C(Cn1cnc([N+](=O)[O-])n1)=N\NC(=O)c1ccc(Br)o1. The van der Waals surface area contributed by atoms with Crippen molar-refractivity contribution < 1.29 is 14.1 Å². The van der Waals surface area contributed by atoms with Crippen LogP contribution in [0.2, 0.25) is 0 Å². The average Bonchev–Trinajstić information content (AvgIpc) is 3.05. The van der Waals surface area contributed by atoms with Crippen LogP contribution in [0.5, 0.6) is 0 Å². The molecule has 10 nitrogen and oxygen atoms in total. The van der Waals surface area contributed by atoms with Gasteiger partial charge in [0.05, 0.1) is 12.3 Å². The minimum Gasteiger partial charge on any atom is -0.444 e. The molecule has 110 valence electrons. The molecule has 0 atom stereocenters. The van der Waals surface area contributed by atoms with Gasteiger partial charge in [0.2, 0.25) is 6.33 Å². The van der Waals surface area contributed by atoms with Gasteiger partial charge < -0.3 is 14.5 Å². The minimum atomic E-state index is -0.695. The van der Waals surface area contributed by atoms with Crippen molar-refractivity contribution in [2.45, 2.75) is 13.5 Å². The van der Waals surface area contributed by atoms with E-state index in [1.165, 1.54) is 17.1 Å². The van der Waals surface area contributed by atoms with Gasteiger partial charge in [0, 0.05) is 5.10 Å². The van der Waals surface area contributed by atoms with Gasteiger partial charge in [-0.15, -0.1) is 0 Å². The highest BCUT2D eigenvalue weighted by Gasteiger charge is 2.14. The maximum Gasteiger partial charge on any atom is 0.490 e. The lowest BCUT2D eigenvalue weighted by Gasteiger charge is -1.99. The van der Waals surface area contributed by atoms with Gasteiger partial charge in [-0.1, -0.05) is 4.98 Å². The number of hydrogen-bond donors (Lipinski definition) is 1. The molecule has 0 fully saturated rings. The van der Waals surface area contributed by atoms with E-state index in [1.807, 2.05) is 0 Å². The Morgan fingerprint density at radius 2 is 2.38 bits per heavy atom. The zero-order valence-electron chi connectivity index (χ0n) is 10.7. The summed E-state index contributed by atoms with van der Waals surface area (Å²) in [6, 6.07) is 3.07. The quantitative estimate of drug-likeness (QED) is 0.489. The third kappa shape index (κ3) is 3.95. The van der Waals surface area contributed by atoms with Gasteiger partial charge in [0.15, 0.2) is 10.4 Å². The molecule has 2 heterocycles. The lowest BCUT2D eigenvalue weighted by atomic mass is 10.4. The number of rotatable bonds is 5. The molecule has 2 rings (SSSR count). The fraction of sp³-hybridized carbons (Fsp3) is 0.200. The molecule has 1 amide bonds. The molecule has 0 aliphatic rings. The minimum absolute atomic E-state index is 0.106. The van der Waals surface area contributed by atoms with Crippen molar-refractivity contribution in [3.63, 3.8) is 0 Å². The van der Waals surface area contributed by atoms with Crippen molar-refractivity contribution in [1.82, 2.24) is 20.2 Å². The van der Waals surface area contributed by atoms with E-state index < -0.39 is 16.8 Å². The van der Waals surface area contributed by atoms with Gasteiger partial charge in [-0.2, -0.15) is 9.78 Å². The Morgan fingerprint density at radius 3 is 2.95 bits per heavy atom. The molecule has 0 aliphatic heterocycles. The number of nitro groups is 1. The highest BCUT2D eigenvalue weighted by atomic mass is 79.9. The van der Waals surface area contributed by atoms with Gasteiger partial charge in [-0.05, 0) is 39.9 Å². The monoisotopic (exact) mass is 356 g/mol. The Labute approximate surface area is 126 Å². The van der Waals surface area contributed by atoms with E-state index in [-0.39, 0.29) is 12.3 Å². The first-order chi connectivity index (χ1) is 9.95. The summed E-state index contributed by atoms with van der Waals surface area (Å²) in [7, 11) is 0. The van der Waals surface area contributed by atoms with E-state index in [4.69, 9.17) is 4.42 Å². The van der Waals surface area contributed by atoms with Crippen LogP contribution >= 0.6 is 15.9 Å². The lowest BCUT2D eigenvalue weighted by Crippen LogP contribution is -2.20. The van der Waals surface area contributed by atoms with Crippen molar-refractivity contribution >= 4 is 33.5 Å². The molecule has 11 heteroatoms. The Hall–Kier alpha value is -2.56. The van der Waals surface area contributed by atoms with E-state index in [0.717, 1.165) is 0 Å². The molecule has 0 spiro atoms. The van der Waals surface area contributed by atoms with Crippen LogP contribution in [0.3, 0.4) is 0 Å². The van der Waals surface area contributed by atoms with Crippen LogP contribution in [-0.4, -0.2) is 31.3 Å². The van der Waals surface area contributed by atoms with Crippen molar-refractivity contribution in [1.29, 1.82) is 0 Å². The van der Waals surface area contributed by atoms with Gasteiger partial charge in [-0.3, -0.25) is 4.79 Å². The zero-order chi connectivity index (χ0) is 15.4. The van der Waals surface area contributed by atoms with Crippen LogP contribution in [0.25, 0.3) is 0 Å². The molecule has 2 aromatic rings. The number of halogens is 1. The standard InChI is InChI=1S/C10H9BrN6O4/c1-6(4-16-5-12-10(15-16)17(19)20)13-14-9(18)7-2-3-8(11)21-7/h2-3,5H,4H2,1H3,(H,14,18)/b13-6+. The predicted molar refractivity (Wildman–Crippen MR) is 73.7 cm³/mol. The zero-order valence-corrected chi connectivity index (χ0v) is 12.3. The Kier molecular flexibility index (Phi) is 4.42.